The van der Waals surface area contributed by atoms with Gasteiger partial charge in [0.25, 0.3) is 0 Å². The summed E-state index contributed by atoms with van der Waals surface area (Å²) in [7, 11) is 1.64. The molecule has 1 heterocycles. The van der Waals surface area contributed by atoms with Crippen molar-refractivity contribution in [2.24, 2.45) is 4.99 Å². The second-order valence-corrected chi connectivity index (χ2v) is 6.90. The first-order valence-electron chi connectivity index (χ1n) is 9.25. The van der Waals surface area contributed by atoms with E-state index in [2.05, 4.69) is 37.5 Å². The maximum Gasteiger partial charge on any atom is 0.387 e. The highest BCUT2D eigenvalue weighted by atomic mass is 127. The molecule has 1 aromatic heterocycles. The molecule has 0 radical (unpaired) electrons. The largest absolute Gasteiger partial charge is 0.434 e. The fourth-order valence-corrected chi connectivity index (χ4v) is 3.11. The molecule has 0 fully saturated rings. The summed E-state index contributed by atoms with van der Waals surface area (Å²) in [6.45, 7) is -1.39. The number of aliphatic imine (C=N–C) groups is 1. The quantitative estimate of drug-likeness (QED) is 0.238. The van der Waals surface area contributed by atoms with Gasteiger partial charge in [0.05, 0.1) is 6.33 Å². The predicted molar refractivity (Wildman–Crippen MR) is 128 cm³/mol. The SMILES string of the molecule is CN=C(NCc1cccc(Cn2ccnc2)c1)NCc1cc(Cl)ccc1OC(F)F.I. The third-order valence-corrected chi connectivity index (χ3v) is 4.52. The molecule has 3 rings (SSSR count). The summed E-state index contributed by atoms with van der Waals surface area (Å²) in [6, 6.07) is 12.7. The Kier molecular flexibility index (Phi) is 9.99. The Morgan fingerprint density at radius 2 is 1.94 bits per heavy atom. The fourth-order valence-electron chi connectivity index (χ4n) is 2.91. The Bertz CT molecular complexity index is 986. The van der Waals surface area contributed by atoms with Crippen molar-refractivity contribution in [1.82, 2.24) is 20.2 Å². The molecule has 0 spiro atoms. The lowest BCUT2D eigenvalue weighted by atomic mass is 10.1. The van der Waals surface area contributed by atoms with Crippen LogP contribution >= 0.6 is 35.6 Å². The number of nitrogens with one attached hydrogen (secondary N) is 2. The summed E-state index contributed by atoms with van der Waals surface area (Å²) >= 11 is 5.99. The summed E-state index contributed by atoms with van der Waals surface area (Å²) < 4.78 is 31.8. The number of hydrogen-bond donors (Lipinski definition) is 2. The number of nitrogens with zero attached hydrogens (tertiary/aromatic N) is 3. The van der Waals surface area contributed by atoms with E-state index in [0.29, 0.717) is 23.1 Å². The van der Waals surface area contributed by atoms with Crippen LogP contribution in [-0.2, 0) is 19.6 Å². The van der Waals surface area contributed by atoms with Crippen molar-refractivity contribution >= 4 is 41.5 Å². The number of aromatic nitrogens is 2. The first-order valence-corrected chi connectivity index (χ1v) is 9.62. The van der Waals surface area contributed by atoms with E-state index in [0.717, 1.165) is 17.7 Å². The van der Waals surface area contributed by atoms with Gasteiger partial charge in [0, 0.05) is 49.7 Å². The zero-order valence-corrected chi connectivity index (χ0v) is 19.9. The number of alkyl halides is 2. The zero-order valence-electron chi connectivity index (χ0n) is 16.8. The highest BCUT2D eigenvalue weighted by Gasteiger charge is 2.11. The van der Waals surface area contributed by atoms with Crippen molar-refractivity contribution in [3.63, 3.8) is 0 Å². The molecular weight excluding hydrogens is 539 g/mol. The molecule has 0 aliphatic carbocycles. The van der Waals surface area contributed by atoms with Gasteiger partial charge in [-0.1, -0.05) is 35.9 Å². The van der Waals surface area contributed by atoms with Gasteiger partial charge in [0.2, 0.25) is 0 Å². The van der Waals surface area contributed by atoms with Gasteiger partial charge in [-0.25, -0.2) is 4.98 Å². The summed E-state index contributed by atoms with van der Waals surface area (Å²) in [5.74, 6) is 0.600. The smallest absolute Gasteiger partial charge is 0.387 e. The molecule has 166 valence electrons. The molecule has 0 saturated heterocycles. The molecule has 0 saturated carbocycles. The Balaban J connectivity index is 0.00000341. The van der Waals surface area contributed by atoms with Gasteiger partial charge in [-0.15, -0.1) is 24.0 Å². The summed E-state index contributed by atoms with van der Waals surface area (Å²) in [5, 5.41) is 6.74. The topological polar surface area (TPSA) is 63.5 Å². The van der Waals surface area contributed by atoms with E-state index in [1.807, 2.05) is 22.9 Å². The van der Waals surface area contributed by atoms with E-state index in [1.165, 1.54) is 12.1 Å². The molecular formula is C21H23ClF2IN5O. The predicted octanol–water partition coefficient (Wildman–Crippen LogP) is 4.67. The van der Waals surface area contributed by atoms with Crippen LogP contribution < -0.4 is 15.4 Å². The molecule has 6 nitrogen and oxygen atoms in total. The molecule has 0 aliphatic heterocycles. The van der Waals surface area contributed by atoms with Crippen molar-refractivity contribution < 1.29 is 13.5 Å². The molecule has 10 heteroatoms. The van der Waals surface area contributed by atoms with Crippen LogP contribution in [0.1, 0.15) is 16.7 Å². The van der Waals surface area contributed by atoms with Crippen LogP contribution in [0.2, 0.25) is 5.02 Å². The first-order chi connectivity index (χ1) is 14.5. The monoisotopic (exact) mass is 561 g/mol. The van der Waals surface area contributed by atoms with Crippen LogP contribution in [0.15, 0.2) is 66.2 Å². The van der Waals surface area contributed by atoms with Crippen molar-refractivity contribution in [1.29, 1.82) is 0 Å². The normalized spacial score (nSPS) is 11.2. The lowest BCUT2D eigenvalue weighted by Gasteiger charge is -2.15. The van der Waals surface area contributed by atoms with Crippen LogP contribution in [0.4, 0.5) is 8.78 Å². The standard InChI is InChI=1S/C21H22ClF2N5O.HI/c1-25-21(28-12-17-10-18(22)5-6-19(17)30-20(23)24)27-11-15-3-2-4-16(9-15)13-29-8-7-26-14-29;/h2-10,14,20H,11-13H2,1H3,(H2,25,27,28);1H. The van der Waals surface area contributed by atoms with Gasteiger partial charge >= 0.3 is 6.61 Å². The van der Waals surface area contributed by atoms with E-state index in [4.69, 9.17) is 11.6 Å². The van der Waals surface area contributed by atoms with Gasteiger partial charge in [-0.2, -0.15) is 8.78 Å². The number of guanidine groups is 1. The maximum absolute atomic E-state index is 12.6. The van der Waals surface area contributed by atoms with Gasteiger partial charge < -0.3 is 19.9 Å². The molecule has 0 bridgehead atoms. The van der Waals surface area contributed by atoms with Gasteiger partial charge in [0.1, 0.15) is 5.75 Å². The lowest BCUT2D eigenvalue weighted by molar-refractivity contribution is -0.0504. The second kappa shape index (κ2) is 12.5. The zero-order chi connectivity index (χ0) is 21.3. The van der Waals surface area contributed by atoms with Crippen LogP contribution in [0.25, 0.3) is 0 Å². The Morgan fingerprint density at radius 1 is 1.16 bits per heavy atom. The van der Waals surface area contributed by atoms with Crippen molar-refractivity contribution in [2.75, 3.05) is 7.05 Å². The minimum Gasteiger partial charge on any atom is -0.434 e. The van der Waals surface area contributed by atoms with E-state index in [9.17, 15) is 8.78 Å². The Morgan fingerprint density at radius 3 is 2.65 bits per heavy atom. The third-order valence-electron chi connectivity index (χ3n) is 4.28. The molecule has 0 amide bonds. The molecule has 3 aromatic rings. The van der Waals surface area contributed by atoms with Crippen molar-refractivity contribution in [3.8, 4) is 5.75 Å². The molecule has 31 heavy (non-hydrogen) atoms. The summed E-state index contributed by atoms with van der Waals surface area (Å²) in [5.41, 5.74) is 2.75. The number of halogens is 4. The lowest BCUT2D eigenvalue weighted by Crippen LogP contribution is -2.36. The van der Waals surface area contributed by atoms with Crippen molar-refractivity contribution in [3.05, 3.63) is 82.9 Å². The molecule has 0 unspecified atom stereocenters. The minimum absolute atomic E-state index is 0. The fraction of sp³-hybridized carbons (Fsp3) is 0.238. The third kappa shape index (κ3) is 7.98. The molecule has 0 atom stereocenters. The Labute approximate surface area is 201 Å². The highest BCUT2D eigenvalue weighted by molar-refractivity contribution is 14.0. The number of ether oxygens (including phenoxy) is 1. The van der Waals surface area contributed by atoms with Crippen molar-refractivity contribution in [2.45, 2.75) is 26.2 Å². The number of hydrogen-bond acceptors (Lipinski definition) is 3. The van der Waals surface area contributed by atoms with E-state index in [-0.39, 0.29) is 36.3 Å². The van der Waals surface area contributed by atoms with Crippen LogP contribution in [0, 0.1) is 0 Å². The number of imidazole rings is 1. The maximum atomic E-state index is 12.6. The average molecular weight is 562 g/mol. The van der Waals surface area contributed by atoms with Crippen LogP contribution in [0.3, 0.4) is 0 Å². The molecule has 2 N–H and O–H groups in total. The summed E-state index contributed by atoms with van der Waals surface area (Å²) in [4.78, 5) is 8.23. The van der Waals surface area contributed by atoms with E-state index in [1.54, 1.807) is 25.6 Å². The van der Waals surface area contributed by atoms with Crippen LogP contribution in [0.5, 0.6) is 5.75 Å². The van der Waals surface area contributed by atoms with E-state index >= 15 is 0 Å². The Hall–Kier alpha value is -2.40. The second-order valence-electron chi connectivity index (χ2n) is 6.46. The molecule has 0 aliphatic rings. The van der Waals surface area contributed by atoms with E-state index < -0.39 is 6.61 Å². The average Bonchev–Trinajstić information content (AvgIpc) is 3.23. The first kappa shape index (κ1) is 24.9. The summed E-state index contributed by atoms with van der Waals surface area (Å²) in [6.07, 6.45) is 5.44. The van der Waals surface area contributed by atoms with Crippen LogP contribution in [-0.4, -0.2) is 29.2 Å². The number of rotatable bonds is 8. The highest BCUT2D eigenvalue weighted by Crippen LogP contribution is 2.24. The minimum atomic E-state index is -2.91. The number of benzene rings is 2. The van der Waals surface area contributed by atoms with Gasteiger partial charge in [-0.05, 0) is 29.3 Å². The molecule has 2 aromatic carbocycles. The van der Waals surface area contributed by atoms with Gasteiger partial charge in [0.15, 0.2) is 5.96 Å². The van der Waals surface area contributed by atoms with Gasteiger partial charge in [-0.3, -0.25) is 4.99 Å².